The largest absolute Gasteiger partial charge is 0.497 e. The van der Waals surface area contributed by atoms with Gasteiger partial charge in [-0.25, -0.2) is 0 Å². The maximum absolute atomic E-state index is 11.4. The average Bonchev–Trinajstić information content (AvgIpc) is 2.82. The van der Waals surface area contributed by atoms with Crippen molar-refractivity contribution in [3.63, 3.8) is 0 Å². The topological polar surface area (TPSA) is 134 Å². The van der Waals surface area contributed by atoms with Crippen LogP contribution in [-0.2, 0) is 20.2 Å². The van der Waals surface area contributed by atoms with Crippen LogP contribution in [0, 0.1) is 13.8 Å². The highest BCUT2D eigenvalue weighted by Crippen LogP contribution is 2.30. The fraction of sp³-hybridized carbons (Fsp3) is 0.538. The van der Waals surface area contributed by atoms with Crippen LogP contribution >= 0.6 is 0 Å². The summed E-state index contributed by atoms with van der Waals surface area (Å²) in [7, 11) is -5.13. The summed E-state index contributed by atoms with van der Waals surface area (Å²) in [6, 6.07) is 11.5. The highest BCUT2D eigenvalue weighted by Gasteiger charge is 2.23. The van der Waals surface area contributed by atoms with Gasteiger partial charge in [0.25, 0.3) is 20.2 Å². The van der Waals surface area contributed by atoms with E-state index in [1.807, 2.05) is 49.9 Å². The Labute approximate surface area is 227 Å². The number of ether oxygens (including phenoxy) is 2. The van der Waals surface area contributed by atoms with Crippen molar-refractivity contribution in [2.45, 2.75) is 46.1 Å². The van der Waals surface area contributed by atoms with Crippen molar-refractivity contribution in [3.05, 3.63) is 47.5 Å². The van der Waals surface area contributed by atoms with Crippen LogP contribution in [0.3, 0.4) is 0 Å². The molecule has 0 saturated carbocycles. The van der Waals surface area contributed by atoms with Gasteiger partial charge in [-0.2, -0.15) is 16.8 Å². The van der Waals surface area contributed by atoms with E-state index in [-0.39, 0.29) is 30.4 Å². The van der Waals surface area contributed by atoms with Crippen molar-refractivity contribution >= 4 is 31.6 Å². The second-order valence-electron chi connectivity index (χ2n) is 9.40. The Morgan fingerprint density at radius 2 is 1.26 bits per heavy atom. The molecule has 0 bridgehead atoms. The lowest BCUT2D eigenvalue weighted by Gasteiger charge is -2.38. The fourth-order valence-corrected chi connectivity index (χ4v) is 5.49. The summed E-state index contributed by atoms with van der Waals surface area (Å²) in [5, 5.41) is 0. The predicted octanol–water partition coefficient (Wildman–Crippen LogP) is 3.97. The summed E-state index contributed by atoms with van der Waals surface area (Å²) >= 11 is 0. The number of anilines is 2. The molecule has 12 heteroatoms. The number of methoxy groups -OCH3 is 2. The van der Waals surface area contributed by atoms with Crippen molar-refractivity contribution in [2.75, 3.05) is 55.2 Å². The first-order valence-corrected chi connectivity index (χ1v) is 15.7. The van der Waals surface area contributed by atoms with E-state index in [1.54, 1.807) is 20.3 Å². The van der Waals surface area contributed by atoms with Gasteiger partial charge in [-0.1, -0.05) is 13.0 Å². The molecule has 1 atom stereocenters. The van der Waals surface area contributed by atoms with Crippen molar-refractivity contribution in [2.24, 2.45) is 0 Å². The van der Waals surface area contributed by atoms with Gasteiger partial charge in [0.15, 0.2) is 0 Å². The van der Waals surface area contributed by atoms with Gasteiger partial charge in [-0.3, -0.25) is 9.11 Å². The first kappa shape index (κ1) is 31.7. The third kappa shape index (κ3) is 10.7. The predicted molar refractivity (Wildman–Crippen MR) is 151 cm³/mol. The zero-order valence-corrected chi connectivity index (χ0v) is 24.4. The summed E-state index contributed by atoms with van der Waals surface area (Å²) < 4.78 is 75.1. The molecule has 0 aliphatic heterocycles. The molecule has 10 nitrogen and oxygen atoms in total. The second-order valence-corrected chi connectivity index (χ2v) is 12.5. The van der Waals surface area contributed by atoms with Gasteiger partial charge < -0.3 is 19.3 Å². The van der Waals surface area contributed by atoms with Gasteiger partial charge in [0.05, 0.1) is 25.7 Å². The monoisotopic (exact) mass is 572 g/mol. The number of nitrogens with zero attached hydrogens (tertiary/aromatic N) is 2. The first-order valence-electron chi connectivity index (χ1n) is 12.5. The van der Waals surface area contributed by atoms with E-state index in [2.05, 4.69) is 11.0 Å². The van der Waals surface area contributed by atoms with E-state index in [9.17, 15) is 25.9 Å². The van der Waals surface area contributed by atoms with E-state index in [0.717, 1.165) is 22.5 Å². The van der Waals surface area contributed by atoms with Gasteiger partial charge in [-0.15, -0.1) is 0 Å². The Bertz CT molecular complexity index is 1220. The number of rotatable bonds is 16. The van der Waals surface area contributed by atoms with Crippen molar-refractivity contribution < 1.29 is 35.4 Å². The van der Waals surface area contributed by atoms with E-state index >= 15 is 0 Å². The third-order valence-corrected chi connectivity index (χ3v) is 7.82. The minimum atomic E-state index is -4.12. The van der Waals surface area contributed by atoms with Crippen LogP contribution in [0.5, 0.6) is 11.5 Å². The third-order valence-electron chi connectivity index (χ3n) is 6.21. The zero-order valence-electron chi connectivity index (χ0n) is 22.8. The van der Waals surface area contributed by atoms with E-state index in [1.165, 1.54) is 0 Å². The quantitative estimate of drug-likeness (QED) is 0.285. The Kier molecular flexibility index (Phi) is 11.7. The Morgan fingerprint density at radius 1 is 0.763 bits per heavy atom. The lowest BCUT2D eigenvalue weighted by atomic mass is 10.1. The molecule has 214 valence electrons. The summed E-state index contributed by atoms with van der Waals surface area (Å²) in [6.07, 6.45) is 1.13. The van der Waals surface area contributed by atoms with Gasteiger partial charge in [0, 0.05) is 55.2 Å². The highest BCUT2D eigenvalue weighted by molar-refractivity contribution is 7.86. The van der Waals surface area contributed by atoms with Crippen LogP contribution in [0.2, 0.25) is 0 Å². The van der Waals surface area contributed by atoms with Crippen LogP contribution in [0.4, 0.5) is 11.4 Å². The standard InChI is InChI=1S/C26H40N2O8S2/c1-6-22(28(10-8-12-38(32,33)34)24-14-20(2)13-21(3)15-24)19-27(9-7-11-37(29,30)31)23-16-25(35-4)18-26(17-23)36-5/h13-18,22H,6-12,19H2,1-5H3,(H,29,30,31)(H,32,33,34). The van der Waals surface area contributed by atoms with Gasteiger partial charge in [0.2, 0.25) is 0 Å². The minimum Gasteiger partial charge on any atom is -0.497 e. The Balaban J connectivity index is 2.47. The van der Waals surface area contributed by atoms with Gasteiger partial charge in [-0.05, 0) is 56.4 Å². The normalized spacial score (nSPS) is 12.7. The van der Waals surface area contributed by atoms with Crippen molar-refractivity contribution in [1.29, 1.82) is 0 Å². The molecule has 0 aromatic heterocycles. The first-order chi connectivity index (χ1) is 17.7. The molecular weight excluding hydrogens is 532 g/mol. The van der Waals surface area contributed by atoms with Crippen LogP contribution in [0.1, 0.15) is 37.3 Å². The lowest BCUT2D eigenvalue weighted by Crippen LogP contribution is -2.45. The molecule has 2 N–H and O–H groups in total. The van der Waals surface area contributed by atoms with Crippen molar-refractivity contribution in [1.82, 2.24) is 0 Å². The van der Waals surface area contributed by atoms with Crippen LogP contribution in [0.15, 0.2) is 36.4 Å². The number of benzene rings is 2. The molecule has 1 unspecified atom stereocenters. The lowest BCUT2D eigenvalue weighted by molar-refractivity contribution is 0.394. The molecule has 2 aromatic carbocycles. The fourth-order valence-electron chi connectivity index (χ4n) is 4.50. The van der Waals surface area contributed by atoms with Gasteiger partial charge >= 0.3 is 0 Å². The molecule has 0 spiro atoms. The molecule has 0 aliphatic rings. The van der Waals surface area contributed by atoms with Crippen LogP contribution in [0.25, 0.3) is 0 Å². The Hall–Kier alpha value is -2.54. The SMILES string of the molecule is CCC(CN(CCCS(=O)(=O)O)c1cc(OC)cc(OC)c1)N(CCCS(=O)(=O)O)c1cc(C)cc(C)c1. The number of hydrogen-bond acceptors (Lipinski definition) is 8. The molecule has 0 heterocycles. The highest BCUT2D eigenvalue weighted by atomic mass is 32.2. The van der Waals surface area contributed by atoms with E-state index in [4.69, 9.17) is 9.47 Å². The summed E-state index contributed by atoms with van der Waals surface area (Å²) in [4.78, 5) is 4.15. The van der Waals surface area contributed by atoms with Crippen LogP contribution < -0.4 is 19.3 Å². The average molecular weight is 573 g/mol. The molecule has 0 fully saturated rings. The molecule has 38 heavy (non-hydrogen) atoms. The van der Waals surface area contributed by atoms with Crippen LogP contribution in [-0.4, -0.2) is 77.3 Å². The molecule has 0 saturated heterocycles. The molecule has 0 radical (unpaired) electrons. The molecular formula is C26H40N2O8S2. The zero-order chi connectivity index (χ0) is 28.5. The molecule has 0 aliphatic carbocycles. The summed E-state index contributed by atoms with van der Waals surface area (Å²) in [6.45, 7) is 7.22. The molecule has 2 rings (SSSR count). The Morgan fingerprint density at radius 3 is 1.71 bits per heavy atom. The molecule has 0 amide bonds. The minimum absolute atomic E-state index is 0.0967. The maximum Gasteiger partial charge on any atom is 0.264 e. The number of aryl methyl sites for hydroxylation is 2. The van der Waals surface area contributed by atoms with E-state index in [0.29, 0.717) is 37.6 Å². The van der Waals surface area contributed by atoms with E-state index < -0.39 is 20.2 Å². The second kappa shape index (κ2) is 14.0. The van der Waals surface area contributed by atoms with Crippen molar-refractivity contribution in [3.8, 4) is 11.5 Å². The summed E-state index contributed by atoms with van der Waals surface area (Å²) in [5.41, 5.74) is 3.83. The maximum atomic E-state index is 11.4. The summed E-state index contributed by atoms with van der Waals surface area (Å²) in [5.74, 6) is 0.421. The van der Waals surface area contributed by atoms with Gasteiger partial charge in [0.1, 0.15) is 11.5 Å². The smallest absolute Gasteiger partial charge is 0.264 e. The molecule has 2 aromatic rings. The number of hydrogen-bond donors (Lipinski definition) is 2.